The normalized spacial score (nSPS) is 14.7. The first-order chi connectivity index (χ1) is 10.7. The van der Waals surface area contributed by atoms with Crippen molar-refractivity contribution in [3.8, 4) is 0 Å². The number of nitrogens with zero attached hydrogens (tertiary/aromatic N) is 2. The fourth-order valence-corrected chi connectivity index (χ4v) is 2.83. The molecule has 2 aromatic rings. The molecule has 114 valence electrons. The first-order valence-electron chi connectivity index (χ1n) is 7.49. The van der Waals surface area contributed by atoms with E-state index in [4.69, 9.17) is 11.6 Å². The van der Waals surface area contributed by atoms with Crippen LogP contribution in [0.4, 0.5) is 11.4 Å². The Morgan fingerprint density at radius 1 is 1.09 bits per heavy atom. The standard InChI is InChI=1S/C17H18ClN3O/c18-14-5-4-6-15(10-14)20-16-9-13(11-19-12-16)17(22)21-7-2-1-3-8-21/h4-6,9-12,20H,1-3,7-8H2. The van der Waals surface area contributed by atoms with Gasteiger partial charge in [-0.2, -0.15) is 0 Å². The highest BCUT2D eigenvalue weighted by molar-refractivity contribution is 6.30. The maximum absolute atomic E-state index is 12.5. The third kappa shape index (κ3) is 3.57. The number of carbonyl (C=O) groups excluding carboxylic acids is 1. The monoisotopic (exact) mass is 315 g/mol. The van der Waals surface area contributed by atoms with E-state index in [0.717, 1.165) is 37.3 Å². The minimum absolute atomic E-state index is 0.0574. The largest absolute Gasteiger partial charge is 0.354 e. The van der Waals surface area contributed by atoms with Crippen LogP contribution in [-0.2, 0) is 0 Å². The van der Waals surface area contributed by atoms with Crippen LogP contribution in [-0.4, -0.2) is 28.9 Å². The molecule has 0 aliphatic carbocycles. The second-order valence-corrected chi connectivity index (χ2v) is 5.89. The second kappa shape index (κ2) is 6.79. The summed E-state index contributed by atoms with van der Waals surface area (Å²) in [6.45, 7) is 1.68. The Morgan fingerprint density at radius 2 is 1.91 bits per heavy atom. The number of nitrogens with one attached hydrogen (secondary N) is 1. The van der Waals surface area contributed by atoms with E-state index in [0.29, 0.717) is 10.6 Å². The van der Waals surface area contributed by atoms with Crippen LogP contribution in [0, 0.1) is 0 Å². The van der Waals surface area contributed by atoms with Crippen LogP contribution in [0.1, 0.15) is 29.6 Å². The zero-order valence-corrected chi connectivity index (χ0v) is 13.0. The van der Waals surface area contributed by atoms with Crippen LogP contribution in [0.5, 0.6) is 0 Å². The van der Waals surface area contributed by atoms with E-state index in [1.54, 1.807) is 12.4 Å². The summed E-state index contributed by atoms with van der Waals surface area (Å²) in [6, 6.07) is 9.29. The molecule has 5 heteroatoms. The first kappa shape index (κ1) is 14.9. The quantitative estimate of drug-likeness (QED) is 0.927. The van der Waals surface area contributed by atoms with E-state index in [-0.39, 0.29) is 5.91 Å². The van der Waals surface area contributed by atoms with Gasteiger partial charge < -0.3 is 10.2 Å². The number of halogens is 1. The molecule has 3 rings (SSSR count). The summed E-state index contributed by atoms with van der Waals surface area (Å²) in [6.07, 6.45) is 6.70. The average Bonchev–Trinajstić information content (AvgIpc) is 2.55. The van der Waals surface area contributed by atoms with Crippen LogP contribution in [0.15, 0.2) is 42.7 Å². The molecular weight excluding hydrogens is 298 g/mol. The van der Waals surface area contributed by atoms with Crippen molar-refractivity contribution in [3.05, 3.63) is 53.3 Å². The zero-order valence-electron chi connectivity index (χ0n) is 12.3. The molecule has 1 fully saturated rings. The van der Waals surface area contributed by atoms with E-state index in [2.05, 4.69) is 10.3 Å². The summed E-state index contributed by atoms with van der Waals surface area (Å²) >= 11 is 5.98. The average molecular weight is 316 g/mol. The van der Waals surface area contributed by atoms with Crippen LogP contribution in [0.25, 0.3) is 0 Å². The van der Waals surface area contributed by atoms with Gasteiger partial charge >= 0.3 is 0 Å². The van der Waals surface area contributed by atoms with Crippen molar-refractivity contribution in [2.24, 2.45) is 0 Å². The number of hydrogen-bond donors (Lipinski definition) is 1. The van der Waals surface area contributed by atoms with Gasteiger partial charge in [0, 0.05) is 30.0 Å². The molecule has 0 bridgehead atoms. The van der Waals surface area contributed by atoms with Crippen LogP contribution in [0.2, 0.25) is 5.02 Å². The van der Waals surface area contributed by atoms with E-state index in [1.165, 1.54) is 6.42 Å². The molecule has 1 saturated heterocycles. The Morgan fingerprint density at radius 3 is 2.68 bits per heavy atom. The van der Waals surface area contributed by atoms with Gasteiger partial charge in [-0.15, -0.1) is 0 Å². The maximum atomic E-state index is 12.5. The van der Waals surface area contributed by atoms with Gasteiger partial charge in [0.05, 0.1) is 17.4 Å². The molecule has 1 aromatic heterocycles. The Kier molecular flexibility index (Phi) is 4.59. The number of likely N-dealkylation sites (tertiary alicyclic amines) is 1. The van der Waals surface area contributed by atoms with E-state index in [1.807, 2.05) is 35.2 Å². The lowest BCUT2D eigenvalue weighted by molar-refractivity contribution is 0.0724. The predicted octanol–water partition coefficient (Wildman–Crippen LogP) is 4.10. The number of pyridine rings is 1. The Bertz CT molecular complexity index is 668. The molecule has 0 spiro atoms. The lowest BCUT2D eigenvalue weighted by Crippen LogP contribution is -2.35. The van der Waals surface area contributed by atoms with Gasteiger partial charge in [0.15, 0.2) is 0 Å². The molecule has 2 heterocycles. The number of aromatic nitrogens is 1. The van der Waals surface area contributed by atoms with Gasteiger partial charge in [-0.05, 0) is 43.5 Å². The van der Waals surface area contributed by atoms with Crippen molar-refractivity contribution in [2.75, 3.05) is 18.4 Å². The minimum atomic E-state index is 0.0574. The van der Waals surface area contributed by atoms with Crippen molar-refractivity contribution in [1.82, 2.24) is 9.88 Å². The summed E-state index contributed by atoms with van der Waals surface area (Å²) < 4.78 is 0. The van der Waals surface area contributed by atoms with Crippen LogP contribution in [0.3, 0.4) is 0 Å². The van der Waals surface area contributed by atoms with E-state index >= 15 is 0 Å². The molecule has 1 amide bonds. The molecule has 1 aliphatic rings. The van der Waals surface area contributed by atoms with Gasteiger partial charge in [-0.1, -0.05) is 17.7 Å². The molecule has 1 aliphatic heterocycles. The maximum Gasteiger partial charge on any atom is 0.255 e. The minimum Gasteiger partial charge on any atom is -0.354 e. The lowest BCUT2D eigenvalue weighted by atomic mass is 10.1. The SMILES string of the molecule is O=C(c1cncc(Nc2cccc(Cl)c2)c1)N1CCCCC1. The predicted molar refractivity (Wildman–Crippen MR) is 88.7 cm³/mol. The summed E-state index contributed by atoms with van der Waals surface area (Å²) in [4.78, 5) is 18.6. The van der Waals surface area contributed by atoms with Crippen molar-refractivity contribution >= 4 is 28.9 Å². The van der Waals surface area contributed by atoms with E-state index < -0.39 is 0 Å². The number of amides is 1. The van der Waals surface area contributed by atoms with Gasteiger partial charge in [-0.3, -0.25) is 9.78 Å². The summed E-state index contributed by atoms with van der Waals surface area (Å²) in [5.74, 6) is 0.0574. The van der Waals surface area contributed by atoms with Gasteiger partial charge in [0.2, 0.25) is 0 Å². The zero-order chi connectivity index (χ0) is 15.4. The summed E-state index contributed by atoms with van der Waals surface area (Å²) in [7, 11) is 0. The molecule has 0 atom stereocenters. The molecule has 22 heavy (non-hydrogen) atoms. The number of benzene rings is 1. The van der Waals surface area contributed by atoms with Gasteiger partial charge in [0.1, 0.15) is 0 Å². The van der Waals surface area contributed by atoms with Crippen molar-refractivity contribution < 1.29 is 4.79 Å². The number of carbonyl (C=O) groups is 1. The fourth-order valence-electron chi connectivity index (χ4n) is 2.64. The lowest BCUT2D eigenvalue weighted by Gasteiger charge is -2.26. The third-order valence-electron chi connectivity index (χ3n) is 3.74. The second-order valence-electron chi connectivity index (χ2n) is 5.45. The highest BCUT2D eigenvalue weighted by Gasteiger charge is 2.18. The van der Waals surface area contributed by atoms with Gasteiger partial charge in [0.25, 0.3) is 5.91 Å². The van der Waals surface area contributed by atoms with Crippen molar-refractivity contribution in [1.29, 1.82) is 0 Å². The fraction of sp³-hybridized carbons (Fsp3) is 0.294. The summed E-state index contributed by atoms with van der Waals surface area (Å²) in [5.41, 5.74) is 2.27. The van der Waals surface area contributed by atoms with Crippen LogP contribution >= 0.6 is 11.6 Å². The molecule has 0 unspecified atom stereocenters. The Labute approximate surface area is 135 Å². The van der Waals surface area contributed by atoms with E-state index in [9.17, 15) is 4.79 Å². The number of anilines is 2. The molecule has 0 saturated carbocycles. The Hall–Kier alpha value is -2.07. The molecular formula is C17H18ClN3O. The summed E-state index contributed by atoms with van der Waals surface area (Å²) in [5, 5.41) is 3.89. The topological polar surface area (TPSA) is 45.2 Å². The number of rotatable bonds is 3. The molecule has 0 radical (unpaired) electrons. The number of hydrogen-bond acceptors (Lipinski definition) is 3. The van der Waals surface area contributed by atoms with Crippen LogP contribution < -0.4 is 5.32 Å². The molecule has 1 N–H and O–H groups in total. The smallest absolute Gasteiger partial charge is 0.255 e. The van der Waals surface area contributed by atoms with Gasteiger partial charge in [-0.25, -0.2) is 0 Å². The molecule has 1 aromatic carbocycles. The highest BCUT2D eigenvalue weighted by atomic mass is 35.5. The van der Waals surface area contributed by atoms with Crippen molar-refractivity contribution in [2.45, 2.75) is 19.3 Å². The Balaban J connectivity index is 1.75. The molecule has 4 nitrogen and oxygen atoms in total. The third-order valence-corrected chi connectivity index (χ3v) is 3.98. The number of piperidine rings is 1. The van der Waals surface area contributed by atoms with Crippen molar-refractivity contribution in [3.63, 3.8) is 0 Å². The highest BCUT2D eigenvalue weighted by Crippen LogP contribution is 2.21. The first-order valence-corrected chi connectivity index (χ1v) is 7.87.